The Balaban J connectivity index is 1.47. The van der Waals surface area contributed by atoms with E-state index >= 15 is 0 Å². The Labute approximate surface area is 173 Å². The molecule has 2 aromatic heterocycles. The second kappa shape index (κ2) is 7.81. The van der Waals surface area contributed by atoms with Crippen molar-refractivity contribution in [1.82, 2.24) is 14.5 Å². The van der Waals surface area contributed by atoms with Crippen molar-refractivity contribution in [2.75, 3.05) is 5.32 Å². The van der Waals surface area contributed by atoms with Gasteiger partial charge in [0.05, 0.1) is 27.4 Å². The molecule has 0 aliphatic carbocycles. The van der Waals surface area contributed by atoms with Crippen LogP contribution >= 0.6 is 27.3 Å². The van der Waals surface area contributed by atoms with Crippen LogP contribution in [0, 0.1) is 0 Å². The lowest BCUT2D eigenvalue weighted by Gasteiger charge is -2.06. The molecule has 1 N–H and O–H groups in total. The fourth-order valence-corrected chi connectivity index (χ4v) is 4.24. The second-order valence-corrected chi connectivity index (χ2v) is 8.32. The molecule has 2 aromatic carbocycles. The first kappa shape index (κ1) is 18.8. The maximum atomic E-state index is 12.6. The fourth-order valence-electron chi connectivity index (χ4n) is 2.94. The van der Waals surface area contributed by atoms with E-state index in [1.165, 1.54) is 27.8 Å². The Morgan fingerprint density at radius 2 is 2.04 bits per heavy atom. The number of aromatic nitrogens is 3. The van der Waals surface area contributed by atoms with Crippen LogP contribution in [0.5, 0.6) is 0 Å². The first-order chi connectivity index (χ1) is 13.5. The largest absolute Gasteiger partial charge is 0.302 e. The number of halogens is 1. The number of rotatable bonds is 5. The molecular weight excluding hydrogens is 440 g/mol. The maximum Gasteiger partial charge on any atom is 0.261 e. The molecule has 4 aromatic rings. The summed E-state index contributed by atoms with van der Waals surface area (Å²) in [6.07, 6.45) is 2.60. The number of carbonyl (C=O) groups excluding carboxylic acids is 1. The molecule has 4 rings (SSSR count). The molecule has 0 unspecified atom stereocenters. The highest BCUT2D eigenvalue weighted by molar-refractivity contribution is 9.10. The molecule has 28 heavy (non-hydrogen) atoms. The summed E-state index contributed by atoms with van der Waals surface area (Å²) in [6.45, 7) is 2.36. The summed E-state index contributed by atoms with van der Waals surface area (Å²) in [6, 6.07) is 11.5. The van der Waals surface area contributed by atoms with Gasteiger partial charge in [0.1, 0.15) is 0 Å². The van der Waals surface area contributed by atoms with Gasteiger partial charge in [-0.1, -0.05) is 40.3 Å². The summed E-state index contributed by atoms with van der Waals surface area (Å²) >= 11 is 4.82. The molecular formula is C20H17BrN4O2S. The molecule has 0 fully saturated rings. The third-order valence-electron chi connectivity index (χ3n) is 4.47. The number of carbonyl (C=O) groups is 1. The van der Waals surface area contributed by atoms with Gasteiger partial charge in [-0.05, 0) is 42.3 Å². The predicted molar refractivity (Wildman–Crippen MR) is 116 cm³/mol. The van der Waals surface area contributed by atoms with Gasteiger partial charge in [-0.3, -0.25) is 14.2 Å². The highest BCUT2D eigenvalue weighted by Gasteiger charge is 2.10. The zero-order chi connectivity index (χ0) is 19.7. The Bertz CT molecular complexity index is 1250. The first-order valence-electron chi connectivity index (χ1n) is 8.87. The smallest absolute Gasteiger partial charge is 0.261 e. The van der Waals surface area contributed by atoms with E-state index in [-0.39, 0.29) is 24.4 Å². The third kappa shape index (κ3) is 3.83. The van der Waals surface area contributed by atoms with Crippen LogP contribution in [-0.2, 0) is 17.8 Å². The zero-order valence-electron chi connectivity index (χ0n) is 15.1. The van der Waals surface area contributed by atoms with Gasteiger partial charge in [0.25, 0.3) is 5.56 Å². The number of hydrogen-bond donors (Lipinski definition) is 1. The van der Waals surface area contributed by atoms with E-state index in [4.69, 9.17) is 0 Å². The average molecular weight is 457 g/mol. The van der Waals surface area contributed by atoms with Crippen molar-refractivity contribution >= 4 is 59.4 Å². The minimum atomic E-state index is -0.184. The van der Waals surface area contributed by atoms with Crippen LogP contribution in [0.15, 0.2) is 52.0 Å². The average Bonchev–Trinajstić information content (AvgIpc) is 3.09. The lowest BCUT2D eigenvalue weighted by Crippen LogP contribution is -2.23. The van der Waals surface area contributed by atoms with E-state index in [1.54, 1.807) is 12.1 Å². The molecule has 1 amide bonds. The Morgan fingerprint density at radius 3 is 2.86 bits per heavy atom. The van der Waals surface area contributed by atoms with Crippen LogP contribution in [-0.4, -0.2) is 20.4 Å². The normalized spacial score (nSPS) is 11.2. The number of hydrogen-bond acceptors (Lipinski definition) is 5. The summed E-state index contributed by atoms with van der Waals surface area (Å²) in [5, 5.41) is 3.92. The molecule has 0 aliphatic rings. The zero-order valence-corrected chi connectivity index (χ0v) is 17.5. The van der Waals surface area contributed by atoms with Crippen molar-refractivity contribution in [3.05, 3.63) is 63.1 Å². The van der Waals surface area contributed by atoms with E-state index in [1.807, 2.05) is 18.2 Å². The monoisotopic (exact) mass is 456 g/mol. The number of benzene rings is 2. The van der Waals surface area contributed by atoms with Gasteiger partial charge < -0.3 is 5.32 Å². The van der Waals surface area contributed by atoms with Gasteiger partial charge >= 0.3 is 0 Å². The second-order valence-electron chi connectivity index (χ2n) is 6.38. The molecule has 0 saturated carbocycles. The number of aryl methyl sites for hydroxylation is 2. The van der Waals surface area contributed by atoms with Gasteiger partial charge in [0, 0.05) is 17.4 Å². The summed E-state index contributed by atoms with van der Waals surface area (Å²) in [5.74, 6) is -0.184. The van der Waals surface area contributed by atoms with Gasteiger partial charge in [-0.2, -0.15) is 0 Å². The molecule has 0 spiro atoms. The molecule has 2 heterocycles. The van der Waals surface area contributed by atoms with Crippen LogP contribution in [0.25, 0.3) is 21.1 Å². The number of fused-ring (bicyclic) bond motifs is 2. The van der Waals surface area contributed by atoms with Crippen LogP contribution in [0.4, 0.5) is 5.13 Å². The summed E-state index contributed by atoms with van der Waals surface area (Å²) < 4.78 is 3.33. The first-order valence-corrected chi connectivity index (χ1v) is 10.5. The topological polar surface area (TPSA) is 76.9 Å². The van der Waals surface area contributed by atoms with Crippen molar-refractivity contribution < 1.29 is 4.79 Å². The minimum Gasteiger partial charge on any atom is -0.302 e. The van der Waals surface area contributed by atoms with E-state index < -0.39 is 0 Å². The van der Waals surface area contributed by atoms with E-state index in [2.05, 4.69) is 44.2 Å². The Hall–Kier alpha value is -2.58. The van der Waals surface area contributed by atoms with Crippen molar-refractivity contribution in [2.45, 2.75) is 26.3 Å². The van der Waals surface area contributed by atoms with Crippen LogP contribution in [0.1, 0.15) is 18.9 Å². The van der Waals surface area contributed by atoms with Crippen molar-refractivity contribution in [3.8, 4) is 0 Å². The fraction of sp³-hybridized carbons (Fsp3) is 0.200. The molecule has 0 radical (unpaired) electrons. The predicted octanol–water partition coefficient (Wildman–Crippen LogP) is 4.36. The molecule has 0 saturated heterocycles. The standard InChI is InChI=1S/C20H17BrN4O2S/c1-2-12-3-5-16-17(9-12)28-20(23-16)24-18(26)7-8-25-11-22-15-6-4-13(21)10-14(15)19(25)27/h3-6,9-11H,2,7-8H2,1H3,(H,23,24,26). The van der Waals surface area contributed by atoms with Gasteiger partial charge in [-0.15, -0.1) is 0 Å². The lowest BCUT2D eigenvalue weighted by molar-refractivity contribution is -0.116. The van der Waals surface area contributed by atoms with Gasteiger partial charge in [0.15, 0.2) is 5.13 Å². The molecule has 8 heteroatoms. The molecule has 6 nitrogen and oxygen atoms in total. The lowest BCUT2D eigenvalue weighted by atomic mass is 10.2. The molecule has 142 valence electrons. The number of anilines is 1. The summed E-state index contributed by atoms with van der Waals surface area (Å²) in [7, 11) is 0. The minimum absolute atomic E-state index is 0.161. The molecule has 0 aliphatic heterocycles. The summed E-state index contributed by atoms with van der Waals surface area (Å²) in [5.41, 5.74) is 2.59. The van der Waals surface area contributed by atoms with Crippen LogP contribution in [0.3, 0.4) is 0 Å². The van der Waals surface area contributed by atoms with Crippen molar-refractivity contribution in [2.24, 2.45) is 0 Å². The van der Waals surface area contributed by atoms with Crippen LogP contribution < -0.4 is 10.9 Å². The third-order valence-corrected chi connectivity index (χ3v) is 5.90. The van der Waals surface area contributed by atoms with Crippen molar-refractivity contribution in [3.63, 3.8) is 0 Å². The SMILES string of the molecule is CCc1ccc2nc(NC(=O)CCn3cnc4ccc(Br)cc4c3=O)sc2c1. The Kier molecular flexibility index (Phi) is 5.23. The number of nitrogens with zero attached hydrogens (tertiary/aromatic N) is 3. The van der Waals surface area contributed by atoms with Crippen molar-refractivity contribution in [1.29, 1.82) is 0 Å². The summed E-state index contributed by atoms with van der Waals surface area (Å²) in [4.78, 5) is 33.7. The number of amides is 1. The number of thiazole rings is 1. The van der Waals surface area contributed by atoms with Crippen LogP contribution in [0.2, 0.25) is 0 Å². The Morgan fingerprint density at radius 1 is 1.21 bits per heavy atom. The number of nitrogens with one attached hydrogen (secondary N) is 1. The van der Waals surface area contributed by atoms with Gasteiger partial charge in [-0.25, -0.2) is 9.97 Å². The van der Waals surface area contributed by atoms with E-state index in [0.29, 0.717) is 16.0 Å². The maximum absolute atomic E-state index is 12.6. The van der Waals surface area contributed by atoms with E-state index in [9.17, 15) is 9.59 Å². The highest BCUT2D eigenvalue weighted by atomic mass is 79.9. The molecule has 0 atom stereocenters. The highest BCUT2D eigenvalue weighted by Crippen LogP contribution is 2.27. The van der Waals surface area contributed by atoms with Gasteiger partial charge in [0.2, 0.25) is 5.91 Å². The molecule has 0 bridgehead atoms. The van der Waals surface area contributed by atoms with E-state index in [0.717, 1.165) is 21.1 Å². The quantitative estimate of drug-likeness (QED) is 0.483.